The zero-order valence-electron chi connectivity index (χ0n) is 11.1. The van der Waals surface area contributed by atoms with Crippen LogP contribution in [-0.2, 0) is 0 Å². The molecule has 0 unspecified atom stereocenters. The molecule has 0 aliphatic heterocycles. The molecule has 0 amide bonds. The number of aromatic carboxylic acids is 1. The van der Waals surface area contributed by atoms with Gasteiger partial charge in [-0.2, -0.15) is 0 Å². The van der Waals surface area contributed by atoms with Crippen LogP contribution in [0.4, 0.5) is 5.69 Å². The molecule has 0 aromatic heterocycles. The van der Waals surface area contributed by atoms with Gasteiger partial charge in [-0.1, -0.05) is 35.9 Å². The van der Waals surface area contributed by atoms with Gasteiger partial charge >= 0.3 is 5.97 Å². The highest BCUT2D eigenvalue weighted by atomic mass is 16.4. The highest BCUT2D eigenvalue weighted by molar-refractivity contribution is 6.07. The summed E-state index contributed by atoms with van der Waals surface area (Å²) in [6.45, 7) is 4.83. The molecule has 0 aliphatic rings. The lowest BCUT2D eigenvalue weighted by molar-refractivity contribution is 0.0699. The summed E-state index contributed by atoms with van der Waals surface area (Å²) in [5, 5.41) is 14.2. The number of rotatable bonds is 4. The fourth-order valence-electron chi connectivity index (χ4n) is 2.00. The standard InChI is InChI=1S/C16H17NO2/c1-11(2)9-10-17-15-8-7-14(16(18)19)12-5-3-4-6-13(12)15/h3-9,17H,10H2,1-2H3,(H,18,19). The number of fused-ring (bicyclic) bond motifs is 1. The van der Waals surface area contributed by atoms with Crippen molar-refractivity contribution in [2.75, 3.05) is 11.9 Å². The van der Waals surface area contributed by atoms with Crippen molar-refractivity contribution in [1.82, 2.24) is 0 Å². The van der Waals surface area contributed by atoms with Crippen LogP contribution >= 0.6 is 0 Å². The van der Waals surface area contributed by atoms with E-state index in [1.807, 2.05) is 44.2 Å². The maximum atomic E-state index is 11.2. The molecule has 0 heterocycles. The molecule has 3 heteroatoms. The number of nitrogens with one attached hydrogen (secondary N) is 1. The molecule has 0 radical (unpaired) electrons. The lowest BCUT2D eigenvalue weighted by Gasteiger charge is -2.10. The van der Waals surface area contributed by atoms with Crippen molar-refractivity contribution in [3.05, 3.63) is 53.6 Å². The van der Waals surface area contributed by atoms with Crippen molar-refractivity contribution in [3.8, 4) is 0 Å². The van der Waals surface area contributed by atoms with Crippen molar-refractivity contribution >= 4 is 22.4 Å². The molecule has 2 rings (SSSR count). The van der Waals surface area contributed by atoms with Crippen LogP contribution in [0.1, 0.15) is 24.2 Å². The Morgan fingerprint density at radius 2 is 1.84 bits per heavy atom. The summed E-state index contributed by atoms with van der Waals surface area (Å²) in [7, 11) is 0. The van der Waals surface area contributed by atoms with Crippen molar-refractivity contribution in [3.63, 3.8) is 0 Å². The third-order valence-corrected chi connectivity index (χ3v) is 2.96. The summed E-state index contributed by atoms with van der Waals surface area (Å²) in [6.07, 6.45) is 2.10. The van der Waals surface area contributed by atoms with Gasteiger partial charge in [0.05, 0.1) is 5.56 Å². The second-order valence-electron chi connectivity index (χ2n) is 4.67. The van der Waals surface area contributed by atoms with Gasteiger partial charge in [-0.05, 0) is 31.4 Å². The Labute approximate surface area is 112 Å². The molecular weight excluding hydrogens is 238 g/mol. The van der Waals surface area contributed by atoms with Crippen LogP contribution in [0.2, 0.25) is 0 Å². The summed E-state index contributed by atoms with van der Waals surface area (Å²) < 4.78 is 0. The Kier molecular flexibility index (Phi) is 3.85. The molecule has 2 N–H and O–H groups in total. The fourth-order valence-corrected chi connectivity index (χ4v) is 2.00. The Morgan fingerprint density at radius 3 is 2.47 bits per heavy atom. The predicted octanol–water partition coefficient (Wildman–Crippen LogP) is 3.92. The number of carbonyl (C=O) groups is 1. The Bertz CT molecular complexity index is 640. The average molecular weight is 255 g/mol. The molecule has 19 heavy (non-hydrogen) atoms. The SMILES string of the molecule is CC(C)=CCNc1ccc(C(=O)O)c2ccccc12. The minimum absolute atomic E-state index is 0.336. The highest BCUT2D eigenvalue weighted by Crippen LogP contribution is 2.26. The van der Waals surface area contributed by atoms with Crippen LogP contribution in [0.15, 0.2) is 48.0 Å². The van der Waals surface area contributed by atoms with E-state index in [9.17, 15) is 9.90 Å². The van der Waals surface area contributed by atoms with Crippen molar-refractivity contribution < 1.29 is 9.90 Å². The zero-order valence-corrected chi connectivity index (χ0v) is 11.1. The van der Waals surface area contributed by atoms with Gasteiger partial charge in [-0.15, -0.1) is 0 Å². The molecule has 0 atom stereocenters. The number of carboxylic acids is 1. The number of hydrogen-bond acceptors (Lipinski definition) is 2. The summed E-state index contributed by atoms with van der Waals surface area (Å²) in [5.74, 6) is -0.896. The fraction of sp³-hybridized carbons (Fsp3) is 0.188. The number of carboxylic acid groups (broad SMARTS) is 1. The average Bonchev–Trinajstić information content (AvgIpc) is 2.38. The molecule has 0 aliphatic carbocycles. The van der Waals surface area contributed by atoms with E-state index in [-0.39, 0.29) is 0 Å². The van der Waals surface area contributed by atoms with Gasteiger partial charge in [0, 0.05) is 17.6 Å². The number of allylic oxidation sites excluding steroid dienone is 1. The smallest absolute Gasteiger partial charge is 0.336 e. The van der Waals surface area contributed by atoms with Crippen LogP contribution in [0, 0.1) is 0 Å². The third-order valence-electron chi connectivity index (χ3n) is 2.96. The van der Waals surface area contributed by atoms with Crippen molar-refractivity contribution in [1.29, 1.82) is 0 Å². The first-order chi connectivity index (χ1) is 9.09. The predicted molar refractivity (Wildman–Crippen MR) is 78.8 cm³/mol. The molecule has 2 aromatic rings. The normalized spacial score (nSPS) is 10.2. The van der Waals surface area contributed by atoms with Crippen LogP contribution in [0.3, 0.4) is 0 Å². The summed E-state index contributed by atoms with van der Waals surface area (Å²) >= 11 is 0. The first-order valence-corrected chi connectivity index (χ1v) is 6.22. The second-order valence-corrected chi connectivity index (χ2v) is 4.67. The van der Waals surface area contributed by atoms with E-state index >= 15 is 0 Å². The second kappa shape index (κ2) is 5.57. The third kappa shape index (κ3) is 2.94. The van der Waals surface area contributed by atoms with E-state index in [4.69, 9.17) is 0 Å². The first kappa shape index (κ1) is 13.1. The Hall–Kier alpha value is -2.29. The van der Waals surface area contributed by atoms with E-state index in [0.717, 1.165) is 23.0 Å². The topological polar surface area (TPSA) is 49.3 Å². The van der Waals surface area contributed by atoms with Gasteiger partial charge < -0.3 is 10.4 Å². The molecule has 3 nitrogen and oxygen atoms in total. The lowest BCUT2D eigenvalue weighted by Crippen LogP contribution is -2.02. The van der Waals surface area contributed by atoms with E-state index in [0.29, 0.717) is 5.56 Å². The van der Waals surface area contributed by atoms with Gasteiger partial charge in [-0.25, -0.2) is 4.79 Å². The van der Waals surface area contributed by atoms with Crippen LogP contribution in [-0.4, -0.2) is 17.6 Å². The summed E-state index contributed by atoms with van der Waals surface area (Å²) in [5.41, 5.74) is 2.54. The van der Waals surface area contributed by atoms with E-state index in [2.05, 4.69) is 11.4 Å². The van der Waals surface area contributed by atoms with Crippen LogP contribution in [0.25, 0.3) is 10.8 Å². The van der Waals surface area contributed by atoms with Crippen molar-refractivity contribution in [2.24, 2.45) is 0 Å². The molecule has 0 saturated heterocycles. The summed E-state index contributed by atoms with van der Waals surface area (Å²) in [4.78, 5) is 11.2. The van der Waals surface area contributed by atoms with Gasteiger partial charge in [0.2, 0.25) is 0 Å². The van der Waals surface area contributed by atoms with E-state index < -0.39 is 5.97 Å². The van der Waals surface area contributed by atoms with Crippen LogP contribution < -0.4 is 5.32 Å². The molecule has 0 saturated carbocycles. The molecule has 0 fully saturated rings. The highest BCUT2D eigenvalue weighted by Gasteiger charge is 2.10. The Balaban J connectivity index is 2.44. The van der Waals surface area contributed by atoms with Gasteiger partial charge in [0.1, 0.15) is 0 Å². The van der Waals surface area contributed by atoms with Gasteiger partial charge in [-0.3, -0.25) is 0 Å². The first-order valence-electron chi connectivity index (χ1n) is 6.22. The number of anilines is 1. The van der Waals surface area contributed by atoms with E-state index in [1.54, 1.807) is 6.07 Å². The molecule has 0 bridgehead atoms. The van der Waals surface area contributed by atoms with Gasteiger partial charge in [0.25, 0.3) is 0 Å². The molecule has 0 spiro atoms. The van der Waals surface area contributed by atoms with E-state index in [1.165, 1.54) is 5.57 Å². The minimum atomic E-state index is -0.896. The lowest BCUT2D eigenvalue weighted by atomic mass is 10.0. The largest absolute Gasteiger partial charge is 0.478 e. The number of hydrogen-bond donors (Lipinski definition) is 2. The molecule has 2 aromatic carbocycles. The molecule has 98 valence electrons. The molecular formula is C16H17NO2. The minimum Gasteiger partial charge on any atom is -0.478 e. The van der Waals surface area contributed by atoms with Crippen molar-refractivity contribution in [2.45, 2.75) is 13.8 Å². The van der Waals surface area contributed by atoms with Crippen LogP contribution in [0.5, 0.6) is 0 Å². The quantitative estimate of drug-likeness (QED) is 0.814. The maximum Gasteiger partial charge on any atom is 0.336 e. The Morgan fingerprint density at radius 1 is 1.16 bits per heavy atom. The summed E-state index contributed by atoms with van der Waals surface area (Å²) in [6, 6.07) is 11.0. The number of benzene rings is 2. The monoisotopic (exact) mass is 255 g/mol. The van der Waals surface area contributed by atoms with Gasteiger partial charge in [0.15, 0.2) is 0 Å². The zero-order chi connectivity index (χ0) is 13.8. The maximum absolute atomic E-state index is 11.2.